The van der Waals surface area contributed by atoms with E-state index in [0.717, 1.165) is 0 Å². The standard InChI is InChI=1S/C13H16O5/c1-5-6-8-7-9(13(14)15)11(17-3)12(18-4)10(8)16-2/h5,7H,1,6H2,2-4H3,(H,14,15). The lowest BCUT2D eigenvalue weighted by atomic mass is 10.0. The van der Waals surface area contributed by atoms with E-state index in [4.69, 9.17) is 14.2 Å². The maximum atomic E-state index is 11.2. The lowest BCUT2D eigenvalue weighted by molar-refractivity contribution is 0.0692. The topological polar surface area (TPSA) is 65.0 Å². The summed E-state index contributed by atoms with van der Waals surface area (Å²) in [6, 6.07) is 1.50. The number of aromatic carboxylic acids is 1. The average molecular weight is 252 g/mol. The van der Waals surface area contributed by atoms with Gasteiger partial charge in [-0.2, -0.15) is 0 Å². The smallest absolute Gasteiger partial charge is 0.339 e. The Bertz CT molecular complexity index is 465. The van der Waals surface area contributed by atoms with E-state index in [0.29, 0.717) is 17.7 Å². The number of hydrogen-bond acceptors (Lipinski definition) is 4. The molecule has 0 aliphatic heterocycles. The minimum Gasteiger partial charge on any atom is -0.492 e. The van der Waals surface area contributed by atoms with Crippen LogP contribution in [0.25, 0.3) is 0 Å². The van der Waals surface area contributed by atoms with E-state index in [2.05, 4.69) is 6.58 Å². The van der Waals surface area contributed by atoms with Gasteiger partial charge < -0.3 is 19.3 Å². The van der Waals surface area contributed by atoms with Gasteiger partial charge in [0.25, 0.3) is 0 Å². The van der Waals surface area contributed by atoms with Crippen molar-refractivity contribution in [2.24, 2.45) is 0 Å². The summed E-state index contributed by atoms with van der Waals surface area (Å²) in [5.41, 5.74) is 0.717. The van der Waals surface area contributed by atoms with Crippen molar-refractivity contribution in [2.75, 3.05) is 21.3 Å². The summed E-state index contributed by atoms with van der Waals surface area (Å²) >= 11 is 0. The second-order valence-electron chi connectivity index (χ2n) is 3.48. The fraction of sp³-hybridized carbons (Fsp3) is 0.308. The van der Waals surface area contributed by atoms with Gasteiger partial charge in [0.2, 0.25) is 5.75 Å². The van der Waals surface area contributed by atoms with Crippen LogP contribution in [0.2, 0.25) is 0 Å². The van der Waals surface area contributed by atoms with Crippen LogP contribution in [0.1, 0.15) is 15.9 Å². The zero-order valence-corrected chi connectivity index (χ0v) is 10.6. The molecule has 1 aromatic carbocycles. The minimum atomic E-state index is -1.09. The minimum absolute atomic E-state index is 0.0343. The first kappa shape index (κ1) is 13.9. The Morgan fingerprint density at radius 2 is 1.78 bits per heavy atom. The molecule has 1 aromatic rings. The molecule has 0 bridgehead atoms. The van der Waals surface area contributed by atoms with Crippen LogP contribution < -0.4 is 14.2 Å². The first-order valence-electron chi connectivity index (χ1n) is 5.26. The van der Waals surface area contributed by atoms with Crippen molar-refractivity contribution in [3.8, 4) is 17.2 Å². The third kappa shape index (κ3) is 2.40. The van der Waals surface area contributed by atoms with Gasteiger partial charge in [-0.3, -0.25) is 0 Å². The van der Waals surface area contributed by atoms with E-state index in [9.17, 15) is 9.90 Å². The Morgan fingerprint density at radius 3 is 2.17 bits per heavy atom. The molecule has 0 radical (unpaired) electrons. The summed E-state index contributed by atoms with van der Waals surface area (Å²) in [6.45, 7) is 3.63. The van der Waals surface area contributed by atoms with Crippen molar-refractivity contribution < 1.29 is 24.1 Å². The number of benzene rings is 1. The van der Waals surface area contributed by atoms with E-state index >= 15 is 0 Å². The number of carbonyl (C=O) groups is 1. The number of methoxy groups -OCH3 is 3. The van der Waals surface area contributed by atoms with Crippen molar-refractivity contribution in [3.05, 3.63) is 29.8 Å². The van der Waals surface area contributed by atoms with Crippen LogP contribution in [0.15, 0.2) is 18.7 Å². The van der Waals surface area contributed by atoms with Crippen molar-refractivity contribution in [1.29, 1.82) is 0 Å². The molecule has 1 N–H and O–H groups in total. The summed E-state index contributed by atoms with van der Waals surface area (Å²) < 4.78 is 15.5. The fourth-order valence-electron chi connectivity index (χ4n) is 1.75. The molecule has 0 atom stereocenters. The Kier molecular flexibility index (Phi) is 4.59. The first-order valence-corrected chi connectivity index (χ1v) is 5.26. The molecule has 0 heterocycles. The van der Waals surface area contributed by atoms with Crippen molar-refractivity contribution in [3.63, 3.8) is 0 Å². The molecule has 5 nitrogen and oxygen atoms in total. The summed E-state index contributed by atoms with van der Waals surface area (Å²) in [4.78, 5) is 11.2. The highest BCUT2D eigenvalue weighted by Gasteiger charge is 2.23. The van der Waals surface area contributed by atoms with Gasteiger partial charge in [0.05, 0.1) is 21.3 Å². The Morgan fingerprint density at radius 1 is 1.22 bits per heavy atom. The first-order chi connectivity index (χ1) is 8.60. The highest BCUT2D eigenvalue weighted by Crippen LogP contribution is 2.42. The molecule has 0 spiro atoms. The maximum absolute atomic E-state index is 11.2. The molecule has 5 heteroatoms. The SMILES string of the molecule is C=CCc1cc(C(=O)O)c(OC)c(OC)c1OC. The third-order valence-electron chi connectivity index (χ3n) is 2.47. The molecular weight excluding hydrogens is 236 g/mol. The van der Waals surface area contributed by atoms with Gasteiger partial charge in [-0.05, 0) is 12.5 Å². The monoisotopic (exact) mass is 252 g/mol. The van der Waals surface area contributed by atoms with Gasteiger partial charge in [-0.25, -0.2) is 4.79 Å². The third-order valence-corrected chi connectivity index (χ3v) is 2.47. The van der Waals surface area contributed by atoms with E-state index in [1.807, 2.05) is 0 Å². The second kappa shape index (κ2) is 5.95. The Hall–Kier alpha value is -2.17. The number of carboxylic acid groups (broad SMARTS) is 1. The number of rotatable bonds is 6. The average Bonchev–Trinajstić information content (AvgIpc) is 2.37. The molecule has 0 aromatic heterocycles. The van der Waals surface area contributed by atoms with E-state index in [-0.39, 0.29) is 17.1 Å². The fourth-order valence-corrected chi connectivity index (χ4v) is 1.75. The predicted octanol–water partition coefficient (Wildman–Crippen LogP) is 2.14. The summed E-state index contributed by atoms with van der Waals surface area (Å²) in [5.74, 6) is -0.205. The summed E-state index contributed by atoms with van der Waals surface area (Å²) in [6.07, 6.45) is 2.14. The quantitative estimate of drug-likeness (QED) is 0.786. The van der Waals surface area contributed by atoms with Crippen molar-refractivity contribution in [1.82, 2.24) is 0 Å². The normalized spacial score (nSPS) is 9.72. The number of allylic oxidation sites excluding steroid dienone is 1. The van der Waals surface area contributed by atoms with Gasteiger partial charge >= 0.3 is 5.97 Å². The lowest BCUT2D eigenvalue weighted by Crippen LogP contribution is -2.06. The van der Waals surface area contributed by atoms with E-state index in [1.54, 1.807) is 6.08 Å². The molecule has 0 fully saturated rings. The van der Waals surface area contributed by atoms with E-state index in [1.165, 1.54) is 27.4 Å². The number of hydrogen-bond donors (Lipinski definition) is 1. The van der Waals surface area contributed by atoms with Crippen molar-refractivity contribution in [2.45, 2.75) is 6.42 Å². The van der Waals surface area contributed by atoms with Gasteiger partial charge in [0, 0.05) is 5.56 Å². The molecule has 0 unspecified atom stereocenters. The Balaban J connectivity index is 3.60. The van der Waals surface area contributed by atoms with Crippen LogP contribution in [0.5, 0.6) is 17.2 Å². The molecule has 98 valence electrons. The van der Waals surface area contributed by atoms with Crippen molar-refractivity contribution >= 4 is 5.97 Å². The molecule has 0 aliphatic rings. The Labute approximate surface area is 106 Å². The number of carboxylic acids is 1. The van der Waals surface area contributed by atoms with Crippen LogP contribution >= 0.6 is 0 Å². The highest BCUT2D eigenvalue weighted by atomic mass is 16.5. The second-order valence-corrected chi connectivity index (χ2v) is 3.48. The maximum Gasteiger partial charge on any atom is 0.339 e. The zero-order valence-electron chi connectivity index (χ0n) is 10.6. The van der Waals surface area contributed by atoms with Gasteiger partial charge in [0.1, 0.15) is 5.56 Å². The molecule has 1 rings (SSSR count). The largest absolute Gasteiger partial charge is 0.492 e. The molecule has 0 saturated carbocycles. The highest BCUT2D eigenvalue weighted by molar-refractivity contribution is 5.93. The molecule has 0 saturated heterocycles. The zero-order chi connectivity index (χ0) is 13.7. The van der Waals surface area contributed by atoms with Crippen LogP contribution in [0.3, 0.4) is 0 Å². The summed E-state index contributed by atoms with van der Waals surface area (Å²) in [7, 11) is 4.31. The molecular formula is C13H16O5. The molecule has 18 heavy (non-hydrogen) atoms. The van der Waals surface area contributed by atoms with Gasteiger partial charge in [-0.15, -0.1) is 6.58 Å². The van der Waals surface area contributed by atoms with Crippen LogP contribution in [0, 0.1) is 0 Å². The van der Waals surface area contributed by atoms with Crippen LogP contribution in [-0.4, -0.2) is 32.4 Å². The van der Waals surface area contributed by atoms with Gasteiger partial charge in [-0.1, -0.05) is 6.08 Å². The summed E-state index contributed by atoms with van der Waals surface area (Å²) in [5, 5.41) is 9.17. The lowest BCUT2D eigenvalue weighted by Gasteiger charge is -2.17. The molecule has 0 amide bonds. The van der Waals surface area contributed by atoms with Crippen LogP contribution in [-0.2, 0) is 6.42 Å². The molecule has 0 aliphatic carbocycles. The number of ether oxygens (including phenoxy) is 3. The van der Waals surface area contributed by atoms with Crippen LogP contribution in [0.4, 0.5) is 0 Å². The predicted molar refractivity (Wildman–Crippen MR) is 67.0 cm³/mol. The van der Waals surface area contributed by atoms with E-state index < -0.39 is 5.97 Å². The van der Waals surface area contributed by atoms with Gasteiger partial charge in [0.15, 0.2) is 11.5 Å².